The van der Waals surface area contributed by atoms with Crippen LogP contribution < -0.4 is 11.1 Å². The number of ether oxygens (including phenoxy) is 1. The number of carbonyl (C=O) groups is 1. The van der Waals surface area contributed by atoms with Crippen LogP contribution in [0, 0.1) is 0 Å². The predicted molar refractivity (Wildman–Crippen MR) is 81.7 cm³/mol. The van der Waals surface area contributed by atoms with Gasteiger partial charge in [0.1, 0.15) is 11.4 Å². The van der Waals surface area contributed by atoms with Gasteiger partial charge in [0.25, 0.3) is 0 Å². The van der Waals surface area contributed by atoms with Gasteiger partial charge in [-0.2, -0.15) is 0 Å². The number of aromatic hydroxyl groups is 1. The van der Waals surface area contributed by atoms with E-state index in [0.717, 1.165) is 10.0 Å². The van der Waals surface area contributed by atoms with Crippen molar-refractivity contribution in [2.24, 2.45) is 5.73 Å². The van der Waals surface area contributed by atoms with Crippen LogP contribution in [-0.2, 0) is 11.2 Å². The second kappa shape index (κ2) is 6.95. The molecule has 0 heterocycles. The number of rotatable bonds is 4. The van der Waals surface area contributed by atoms with Crippen molar-refractivity contribution in [2.75, 3.05) is 6.54 Å². The Bertz CT molecular complexity index is 472. The van der Waals surface area contributed by atoms with Crippen LogP contribution in [-0.4, -0.2) is 29.4 Å². The third kappa shape index (κ3) is 5.79. The summed E-state index contributed by atoms with van der Waals surface area (Å²) in [7, 11) is 0. The van der Waals surface area contributed by atoms with Gasteiger partial charge in [-0.05, 0) is 51.0 Å². The zero-order valence-electron chi connectivity index (χ0n) is 11.9. The van der Waals surface area contributed by atoms with Gasteiger partial charge in [0.15, 0.2) is 0 Å². The first kappa shape index (κ1) is 16.8. The van der Waals surface area contributed by atoms with Crippen LogP contribution in [0.3, 0.4) is 0 Å². The maximum absolute atomic E-state index is 11.7. The Morgan fingerprint density at radius 3 is 2.70 bits per heavy atom. The van der Waals surface area contributed by atoms with Crippen LogP contribution in [0.4, 0.5) is 4.79 Å². The van der Waals surface area contributed by atoms with E-state index in [2.05, 4.69) is 21.2 Å². The average Bonchev–Trinajstić information content (AvgIpc) is 2.30. The van der Waals surface area contributed by atoms with E-state index in [0.29, 0.717) is 6.42 Å². The number of phenols is 1. The lowest BCUT2D eigenvalue weighted by Crippen LogP contribution is -2.44. The zero-order chi connectivity index (χ0) is 15.3. The predicted octanol–water partition coefficient (Wildman–Crippen LogP) is 2.55. The van der Waals surface area contributed by atoms with Crippen molar-refractivity contribution in [3.05, 3.63) is 28.2 Å². The molecule has 0 saturated heterocycles. The van der Waals surface area contributed by atoms with Gasteiger partial charge >= 0.3 is 6.09 Å². The monoisotopic (exact) mass is 344 g/mol. The second-order valence-electron chi connectivity index (χ2n) is 5.56. The van der Waals surface area contributed by atoms with Crippen molar-refractivity contribution < 1.29 is 14.6 Å². The first-order valence-corrected chi connectivity index (χ1v) is 7.17. The van der Waals surface area contributed by atoms with Gasteiger partial charge in [-0.3, -0.25) is 0 Å². The number of nitrogens with one attached hydrogen (secondary N) is 1. The van der Waals surface area contributed by atoms with E-state index in [1.165, 1.54) is 0 Å². The molecule has 1 aromatic rings. The van der Waals surface area contributed by atoms with Crippen molar-refractivity contribution in [3.8, 4) is 5.75 Å². The molecular formula is C14H21BrN2O3. The van der Waals surface area contributed by atoms with Gasteiger partial charge in [-0.25, -0.2) is 4.79 Å². The largest absolute Gasteiger partial charge is 0.508 e. The Balaban J connectivity index is 2.68. The minimum atomic E-state index is -0.547. The highest BCUT2D eigenvalue weighted by Gasteiger charge is 2.19. The Morgan fingerprint density at radius 1 is 1.50 bits per heavy atom. The lowest BCUT2D eigenvalue weighted by Gasteiger charge is -2.23. The minimum Gasteiger partial charge on any atom is -0.508 e. The van der Waals surface area contributed by atoms with Gasteiger partial charge < -0.3 is 20.9 Å². The fourth-order valence-electron chi connectivity index (χ4n) is 1.65. The van der Waals surface area contributed by atoms with E-state index >= 15 is 0 Å². The van der Waals surface area contributed by atoms with E-state index in [9.17, 15) is 9.90 Å². The molecule has 0 aliphatic carbocycles. The fraction of sp³-hybridized carbons (Fsp3) is 0.500. The SMILES string of the molecule is CC(C)(C)OC(=O)NC(CN)Cc1cc(O)ccc1Br. The maximum Gasteiger partial charge on any atom is 0.407 e. The standard InChI is InChI=1S/C14H21BrN2O3/c1-14(2,3)20-13(19)17-10(8-16)6-9-7-11(18)4-5-12(9)15/h4-5,7,10,18H,6,8,16H2,1-3H3,(H,17,19). The Hall–Kier alpha value is -1.27. The van der Waals surface area contributed by atoms with E-state index in [4.69, 9.17) is 10.5 Å². The summed E-state index contributed by atoms with van der Waals surface area (Å²) in [5.41, 5.74) is 6.00. The number of amides is 1. The normalized spacial score (nSPS) is 12.8. The molecule has 4 N–H and O–H groups in total. The van der Waals surface area contributed by atoms with Gasteiger partial charge in [0.05, 0.1) is 0 Å². The summed E-state index contributed by atoms with van der Waals surface area (Å²) in [6.07, 6.45) is 0.00860. The molecule has 0 aliphatic rings. The second-order valence-corrected chi connectivity index (χ2v) is 6.41. The molecule has 0 fully saturated rings. The van der Waals surface area contributed by atoms with Crippen molar-refractivity contribution in [3.63, 3.8) is 0 Å². The van der Waals surface area contributed by atoms with Crippen LogP contribution in [0.25, 0.3) is 0 Å². The maximum atomic E-state index is 11.7. The topological polar surface area (TPSA) is 84.6 Å². The van der Waals surface area contributed by atoms with E-state index in [-0.39, 0.29) is 18.3 Å². The van der Waals surface area contributed by atoms with Crippen LogP contribution in [0.5, 0.6) is 5.75 Å². The van der Waals surface area contributed by atoms with Gasteiger partial charge in [-0.1, -0.05) is 15.9 Å². The molecular weight excluding hydrogens is 324 g/mol. The van der Waals surface area contributed by atoms with Gasteiger partial charge in [-0.15, -0.1) is 0 Å². The molecule has 1 atom stereocenters. The summed E-state index contributed by atoms with van der Waals surface area (Å²) in [6.45, 7) is 5.68. The van der Waals surface area contributed by atoms with Gasteiger partial charge in [0, 0.05) is 17.1 Å². The fourth-order valence-corrected chi connectivity index (χ4v) is 2.06. The lowest BCUT2D eigenvalue weighted by atomic mass is 10.1. The molecule has 1 unspecified atom stereocenters. The van der Waals surface area contributed by atoms with Gasteiger partial charge in [0.2, 0.25) is 0 Å². The summed E-state index contributed by atoms with van der Waals surface area (Å²) >= 11 is 3.41. The van der Waals surface area contributed by atoms with Crippen LogP contribution in [0.2, 0.25) is 0 Å². The van der Waals surface area contributed by atoms with E-state index in [1.54, 1.807) is 39.0 Å². The molecule has 1 rings (SSSR count). The molecule has 0 radical (unpaired) electrons. The highest BCUT2D eigenvalue weighted by molar-refractivity contribution is 9.10. The zero-order valence-corrected chi connectivity index (χ0v) is 13.5. The quantitative estimate of drug-likeness (QED) is 0.783. The average molecular weight is 345 g/mol. The molecule has 6 heteroatoms. The number of benzene rings is 1. The Kier molecular flexibility index (Phi) is 5.83. The van der Waals surface area contributed by atoms with Crippen LogP contribution in [0.1, 0.15) is 26.3 Å². The van der Waals surface area contributed by atoms with E-state index < -0.39 is 11.7 Å². The molecule has 0 bridgehead atoms. The first-order chi connectivity index (χ1) is 9.21. The smallest absolute Gasteiger partial charge is 0.407 e. The summed E-state index contributed by atoms with van der Waals surface area (Å²) < 4.78 is 6.06. The molecule has 20 heavy (non-hydrogen) atoms. The summed E-state index contributed by atoms with van der Waals surface area (Å²) in [5.74, 6) is 0.177. The van der Waals surface area contributed by atoms with Crippen LogP contribution >= 0.6 is 15.9 Å². The summed E-state index contributed by atoms with van der Waals surface area (Å²) in [5, 5.41) is 12.2. The molecule has 5 nitrogen and oxygen atoms in total. The third-order valence-electron chi connectivity index (χ3n) is 2.50. The highest BCUT2D eigenvalue weighted by Crippen LogP contribution is 2.23. The Labute approximate surface area is 127 Å². The highest BCUT2D eigenvalue weighted by atomic mass is 79.9. The molecule has 0 spiro atoms. The molecule has 0 aromatic heterocycles. The molecule has 1 amide bonds. The van der Waals surface area contributed by atoms with Crippen molar-refractivity contribution in [1.29, 1.82) is 0 Å². The molecule has 0 saturated carbocycles. The van der Waals surface area contributed by atoms with Crippen molar-refractivity contribution >= 4 is 22.0 Å². The first-order valence-electron chi connectivity index (χ1n) is 6.38. The molecule has 112 valence electrons. The summed E-state index contributed by atoms with van der Waals surface area (Å²) in [4.78, 5) is 11.7. The molecule has 0 aliphatic heterocycles. The number of halogens is 1. The number of carbonyl (C=O) groups excluding carboxylic acids is 1. The van der Waals surface area contributed by atoms with Crippen molar-refractivity contribution in [1.82, 2.24) is 5.32 Å². The number of phenolic OH excluding ortho intramolecular Hbond substituents is 1. The summed E-state index contributed by atoms with van der Waals surface area (Å²) in [6, 6.07) is 4.73. The number of hydrogen-bond donors (Lipinski definition) is 3. The number of hydrogen-bond acceptors (Lipinski definition) is 4. The molecule has 1 aromatic carbocycles. The van der Waals surface area contributed by atoms with E-state index in [1.807, 2.05) is 0 Å². The third-order valence-corrected chi connectivity index (χ3v) is 3.27. The number of alkyl carbamates (subject to hydrolysis) is 1. The Morgan fingerprint density at radius 2 is 2.15 bits per heavy atom. The number of nitrogens with two attached hydrogens (primary N) is 1. The van der Waals surface area contributed by atoms with Crippen molar-refractivity contribution in [2.45, 2.75) is 38.8 Å². The van der Waals surface area contributed by atoms with Crippen LogP contribution in [0.15, 0.2) is 22.7 Å². The minimum absolute atomic E-state index is 0.177. The lowest BCUT2D eigenvalue weighted by molar-refractivity contribution is 0.0506.